The van der Waals surface area contributed by atoms with Gasteiger partial charge in [-0.3, -0.25) is 4.79 Å². The van der Waals surface area contributed by atoms with E-state index in [1.54, 1.807) is 50.1 Å². The van der Waals surface area contributed by atoms with E-state index in [1.807, 2.05) is 24.3 Å². The third-order valence-corrected chi connectivity index (χ3v) is 8.01. The number of hydrogen-bond donors (Lipinski definition) is 0. The molecule has 1 saturated heterocycles. The van der Waals surface area contributed by atoms with Gasteiger partial charge in [0.1, 0.15) is 5.75 Å². The summed E-state index contributed by atoms with van der Waals surface area (Å²) < 4.78 is 35.3. The molecule has 174 valence electrons. The minimum Gasteiger partial charge on any atom is -0.496 e. The second kappa shape index (κ2) is 9.35. The largest absolute Gasteiger partial charge is 0.496 e. The van der Waals surface area contributed by atoms with Gasteiger partial charge in [-0.2, -0.15) is 4.98 Å². The van der Waals surface area contributed by atoms with Gasteiger partial charge in [0.05, 0.1) is 29.6 Å². The van der Waals surface area contributed by atoms with Crippen LogP contribution in [-0.4, -0.2) is 54.8 Å². The maximum Gasteiger partial charge on any atom is 0.233 e. The van der Waals surface area contributed by atoms with Crippen molar-refractivity contribution in [3.8, 4) is 5.75 Å². The van der Waals surface area contributed by atoms with Crippen molar-refractivity contribution < 1.29 is 22.5 Å². The zero-order valence-electron chi connectivity index (χ0n) is 18.9. The lowest BCUT2D eigenvalue weighted by molar-refractivity contribution is -0.135. The molecule has 33 heavy (non-hydrogen) atoms. The number of para-hydroxylation sites is 1. The predicted octanol–water partition coefficient (Wildman–Crippen LogP) is 3.02. The van der Waals surface area contributed by atoms with Gasteiger partial charge < -0.3 is 14.2 Å². The zero-order valence-corrected chi connectivity index (χ0v) is 19.7. The molecule has 4 rings (SSSR count). The van der Waals surface area contributed by atoms with Gasteiger partial charge in [0.15, 0.2) is 15.7 Å². The number of carbonyl (C=O) groups excluding carboxylic acids is 1. The average molecular weight is 470 g/mol. The lowest BCUT2D eigenvalue weighted by Gasteiger charge is -2.37. The van der Waals surface area contributed by atoms with Gasteiger partial charge >= 0.3 is 0 Å². The van der Waals surface area contributed by atoms with Crippen molar-refractivity contribution in [3.05, 3.63) is 71.4 Å². The fraction of sp³-hybridized carbons (Fsp3) is 0.375. The Labute approximate surface area is 193 Å². The SMILES string of the molecule is COc1ccccc1Cc1noc(C2CN(C(=O)Cc3ccc(S(=O)(=O)C(C)C)cc3)C2)n1. The third kappa shape index (κ3) is 4.93. The molecule has 1 aliphatic rings. The summed E-state index contributed by atoms with van der Waals surface area (Å²) in [6.07, 6.45) is 0.725. The number of amides is 1. The molecule has 0 N–H and O–H groups in total. The van der Waals surface area contributed by atoms with Gasteiger partial charge in [0, 0.05) is 25.1 Å². The Morgan fingerprint density at radius 3 is 2.52 bits per heavy atom. The molecular weight excluding hydrogens is 442 g/mol. The van der Waals surface area contributed by atoms with Gasteiger partial charge in [0.25, 0.3) is 0 Å². The van der Waals surface area contributed by atoms with Crippen LogP contribution in [0.5, 0.6) is 5.75 Å². The number of carbonyl (C=O) groups is 1. The predicted molar refractivity (Wildman–Crippen MR) is 122 cm³/mol. The minimum atomic E-state index is -3.32. The van der Waals surface area contributed by atoms with Crippen LogP contribution in [0.4, 0.5) is 0 Å². The van der Waals surface area contributed by atoms with E-state index in [1.165, 1.54) is 0 Å². The Morgan fingerprint density at radius 1 is 1.15 bits per heavy atom. The first-order valence-electron chi connectivity index (χ1n) is 10.8. The molecule has 0 saturated carbocycles. The Bertz CT molecular complexity index is 1230. The molecule has 8 nitrogen and oxygen atoms in total. The number of hydrogen-bond acceptors (Lipinski definition) is 7. The topological polar surface area (TPSA) is 103 Å². The van der Waals surface area contributed by atoms with Crippen molar-refractivity contribution in [1.82, 2.24) is 15.0 Å². The van der Waals surface area contributed by atoms with Crippen LogP contribution in [0, 0.1) is 0 Å². The molecule has 0 atom stereocenters. The number of ether oxygens (including phenoxy) is 1. The lowest BCUT2D eigenvalue weighted by Crippen LogP contribution is -2.49. The van der Waals surface area contributed by atoms with Crippen molar-refractivity contribution >= 4 is 15.7 Å². The van der Waals surface area contributed by atoms with Crippen LogP contribution in [0.15, 0.2) is 57.9 Å². The number of methoxy groups -OCH3 is 1. The molecule has 2 heterocycles. The van der Waals surface area contributed by atoms with E-state index < -0.39 is 15.1 Å². The summed E-state index contributed by atoms with van der Waals surface area (Å²) in [4.78, 5) is 19.1. The van der Waals surface area contributed by atoms with Gasteiger partial charge in [-0.15, -0.1) is 0 Å². The van der Waals surface area contributed by atoms with Crippen LogP contribution in [0.2, 0.25) is 0 Å². The fourth-order valence-corrected chi connectivity index (χ4v) is 4.78. The Hall–Kier alpha value is -3.20. The summed E-state index contributed by atoms with van der Waals surface area (Å²) in [5, 5.41) is 3.59. The summed E-state index contributed by atoms with van der Waals surface area (Å²) in [7, 11) is -1.69. The maximum absolute atomic E-state index is 12.6. The number of aromatic nitrogens is 2. The van der Waals surface area contributed by atoms with Gasteiger partial charge in [0.2, 0.25) is 11.8 Å². The van der Waals surface area contributed by atoms with Crippen molar-refractivity contribution in [2.24, 2.45) is 0 Å². The molecule has 1 aromatic heterocycles. The molecule has 0 spiro atoms. The molecule has 0 aliphatic carbocycles. The first-order chi connectivity index (χ1) is 15.8. The van der Waals surface area contributed by atoms with Gasteiger partial charge in [-0.1, -0.05) is 35.5 Å². The van der Waals surface area contributed by atoms with Crippen LogP contribution >= 0.6 is 0 Å². The van der Waals surface area contributed by atoms with E-state index >= 15 is 0 Å². The summed E-state index contributed by atoms with van der Waals surface area (Å²) in [6.45, 7) is 4.35. The second-order valence-electron chi connectivity index (χ2n) is 8.45. The van der Waals surface area contributed by atoms with Crippen molar-refractivity contribution in [3.63, 3.8) is 0 Å². The van der Waals surface area contributed by atoms with E-state index in [9.17, 15) is 13.2 Å². The summed E-state index contributed by atoms with van der Waals surface area (Å²) >= 11 is 0. The van der Waals surface area contributed by atoms with Crippen LogP contribution in [0.1, 0.15) is 42.6 Å². The third-order valence-electron chi connectivity index (χ3n) is 5.84. The Balaban J connectivity index is 1.31. The quantitative estimate of drug-likeness (QED) is 0.500. The maximum atomic E-state index is 12.6. The fourth-order valence-electron chi connectivity index (χ4n) is 3.72. The highest BCUT2D eigenvalue weighted by Gasteiger charge is 2.35. The monoisotopic (exact) mass is 469 g/mol. The molecule has 1 amide bonds. The average Bonchev–Trinajstić information content (AvgIpc) is 3.21. The summed E-state index contributed by atoms with van der Waals surface area (Å²) in [6, 6.07) is 14.2. The second-order valence-corrected chi connectivity index (χ2v) is 11.0. The van der Waals surface area contributed by atoms with Crippen LogP contribution < -0.4 is 4.74 Å². The highest BCUT2D eigenvalue weighted by molar-refractivity contribution is 7.92. The van der Waals surface area contributed by atoms with Crippen LogP contribution in [0.25, 0.3) is 0 Å². The van der Waals surface area contributed by atoms with E-state index in [0.717, 1.165) is 16.9 Å². The standard InChI is InChI=1S/C24H27N3O5S/c1-16(2)33(29,30)20-10-8-17(9-11-20)12-23(28)27-14-19(15-27)24-25-22(26-32-24)13-18-6-4-5-7-21(18)31-3/h4-11,16,19H,12-15H2,1-3H3. The molecule has 1 aliphatic heterocycles. The van der Waals surface area contributed by atoms with Gasteiger partial charge in [-0.05, 0) is 37.6 Å². The molecular formula is C24H27N3O5S. The van der Waals surface area contributed by atoms with E-state index in [-0.39, 0.29) is 23.1 Å². The number of rotatable bonds is 8. The summed E-state index contributed by atoms with van der Waals surface area (Å²) in [5.41, 5.74) is 1.76. The molecule has 0 radical (unpaired) electrons. The molecule has 0 unspecified atom stereocenters. The van der Waals surface area contributed by atoms with Gasteiger partial charge in [-0.25, -0.2) is 8.42 Å². The van der Waals surface area contributed by atoms with E-state index in [0.29, 0.717) is 31.2 Å². The molecule has 9 heteroatoms. The number of sulfone groups is 1. The van der Waals surface area contributed by atoms with E-state index in [4.69, 9.17) is 9.26 Å². The van der Waals surface area contributed by atoms with Crippen LogP contribution in [-0.2, 0) is 27.5 Å². The number of benzene rings is 2. The van der Waals surface area contributed by atoms with E-state index in [2.05, 4.69) is 10.1 Å². The molecule has 0 bridgehead atoms. The highest BCUT2D eigenvalue weighted by atomic mass is 32.2. The molecule has 1 fully saturated rings. The Kier molecular flexibility index (Phi) is 6.51. The zero-order chi connectivity index (χ0) is 23.6. The van der Waals surface area contributed by atoms with Crippen molar-refractivity contribution in [1.29, 1.82) is 0 Å². The first kappa shape index (κ1) is 23.0. The smallest absolute Gasteiger partial charge is 0.233 e. The lowest BCUT2D eigenvalue weighted by atomic mass is 9.99. The molecule has 3 aromatic rings. The normalized spacial score (nSPS) is 14.4. The van der Waals surface area contributed by atoms with Crippen LogP contribution in [0.3, 0.4) is 0 Å². The summed E-state index contributed by atoms with van der Waals surface area (Å²) in [5.74, 6) is 1.90. The van der Waals surface area contributed by atoms with Crippen molar-refractivity contribution in [2.45, 2.75) is 42.8 Å². The molecule has 2 aromatic carbocycles. The number of likely N-dealkylation sites (tertiary alicyclic amines) is 1. The number of nitrogens with zero attached hydrogens (tertiary/aromatic N) is 3. The Morgan fingerprint density at radius 2 is 1.85 bits per heavy atom. The van der Waals surface area contributed by atoms with Crippen molar-refractivity contribution in [2.75, 3.05) is 20.2 Å². The highest BCUT2D eigenvalue weighted by Crippen LogP contribution is 2.28. The first-order valence-corrected chi connectivity index (χ1v) is 12.4. The minimum absolute atomic E-state index is 0.0144.